The Labute approximate surface area is 753 Å². The highest BCUT2D eigenvalue weighted by Gasteiger charge is 2.53. The van der Waals surface area contributed by atoms with Crippen LogP contribution in [-0.2, 0) is 52.6 Å². The van der Waals surface area contributed by atoms with Crippen LogP contribution in [0.1, 0.15) is 193 Å². The van der Waals surface area contributed by atoms with Crippen molar-refractivity contribution >= 4 is 76.0 Å². The first-order chi connectivity index (χ1) is 61.5. The Kier molecular flexibility index (Phi) is 29.7. The van der Waals surface area contributed by atoms with Crippen molar-refractivity contribution in [2.45, 2.75) is 222 Å². The minimum atomic E-state index is -2.28. The van der Waals surface area contributed by atoms with Gasteiger partial charge in [0, 0.05) is 66.3 Å². The number of aromatic hydroxyl groups is 3. The van der Waals surface area contributed by atoms with Crippen molar-refractivity contribution in [1.29, 1.82) is 0 Å². The summed E-state index contributed by atoms with van der Waals surface area (Å²) >= 11 is 14.6. The van der Waals surface area contributed by atoms with Crippen LogP contribution in [0.4, 0.5) is 0 Å². The van der Waals surface area contributed by atoms with Gasteiger partial charge >= 0.3 is 0 Å². The number of fused-ring (bicyclic) bond motifs is 15. The number of nitrogens with two attached hydrogens (primary N) is 3. The van der Waals surface area contributed by atoms with Crippen LogP contribution in [0.2, 0.25) is 10.0 Å². The third-order valence-electron chi connectivity index (χ3n) is 26.2. The number of ether oxygens (including phenoxy) is 8. The number of phenolic OH excluding ortho intramolecular Hbond substituents is 3. The Morgan fingerprint density at radius 2 is 1.30 bits per heavy atom. The third-order valence-corrected chi connectivity index (χ3v) is 26.8. The van der Waals surface area contributed by atoms with E-state index in [1.807, 2.05) is 13.8 Å². The average Bonchev–Trinajstić information content (AvgIpc) is 0.757. The van der Waals surface area contributed by atoms with Gasteiger partial charge in [0.05, 0.1) is 53.9 Å². The van der Waals surface area contributed by atoms with Crippen LogP contribution < -0.4 is 67.5 Å². The molecule has 6 aromatic rings. The lowest BCUT2D eigenvalue weighted by Gasteiger charge is -2.54. The van der Waals surface area contributed by atoms with Gasteiger partial charge in [-0.3, -0.25) is 48.5 Å². The first-order valence-electron chi connectivity index (χ1n) is 43.9. The van der Waals surface area contributed by atoms with Gasteiger partial charge in [0.15, 0.2) is 52.7 Å². The lowest BCUT2D eigenvalue weighted by atomic mass is 9.51. The molecule has 0 aromatic heterocycles. The maximum Gasteiger partial charge on any atom is 0.257 e. The Morgan fingerprint density at radius 1 is 0.667 bits per heavy atom. The predicted octanol–water partition coefficient (Wildman–Crippen LogP) is 7.39. The van der Waals surface area contributed by atoms with E-state index in [0.717, 1.165) is 68.5 Å². The van der Waals surface area contributed by atoms with Crippen molar-refractivity contribution in [3.05, 3.63) is 140 Å². The molecule has 4 saturated carbocycles. The molecule has 17 rings (SSSR count). The number of benzene rings is 6. The number of amides is 6. The average molecular weight is 1830 g/mol. The Hall–Kier alpha value is -10.2. The van der Waals surface area contributed by atoms with Gasteiger partial charge in [-0.1, -0.05) is 62.2 Å². The van der Waals surface area contributed by atoms with Crippen LogP contribution in [0.5, 0.6) is 57.5 Å². The molecule has 129 heavy (non-hydrogen) atoms. The zero-order chi connectivity index (χ0) is 92.5. The van der Waals surface area contributed by atoms with E-state index in [1.54, 1.807) is 6.92 Å². The van der Waals surface area contributed by atoms with Crippen LogP contribution >= 0.6 is 23.2 Å². The summed E-state index contributed by atoms with van der Waals surface area (Å²) < 4.78 is 51.2. The fraction of sp³-hybridized carbons (Fsp3) is 0.516. The van der Waals surface area contributed by atoms with Crippen LogP contribution in [-0.4, -0.2) is 198 Å². The molecule has 15 bridgehead atoms. The minimum absolute atomic E-state index is 0.0685. The highest BCUT2D eigenvalue weighted by Crippen LogP contribution is 2.59. The second-order valence-corrected chi connectivity index (χ2v) is 36.9. The summed E-state index contributed by atoms with van der Waals surface area (Å²) in [5.74, 6) is -17.4. The molecule has 36 heteroatoms. The van der Waals surface area contributed by atoms with E-state index in [2.05, 4.69) is 26.6 Å². The summed E-state index contributed by atoms with van der Waals surface area (Å²) in [6.07, 6.45) is -15.1. The molecule has 4 aliphatic carbocycles. The van der Waals surface area contributed by atoms with Gasteiger partial charge < -0.3 is 122 Å². The summed E-state index contributed by atoms with van der Waals surface area (Å²) in [5, 5.41) is 120. The largest absolute Gasteiger partial charge is 0.508 e. The van der Waals surface area contributed by atoms with Gasteiger partial charge in [-0.25, -0.2) is 0 Å². The number of halogens is 2. The van der Waals surface area contributed by atoms with E-state index < -0.39 is 233 Å². The number of hydrogen-bond acceptors (Lipinski definition) is 29. The van der Waals surface area contributed by atoms with E-state index >= 15 is 33.6 Å². The highest BCUT2D eigenvalue weighted by molar-refractivity contribution is 6.32. The molecule has 694 valence electrons. The fourth-order valence-electron chi connectivity index (χ4n) is 19.7. The molecule has 6 aromatic carbocycles. The monoisotopic (exact) mass is 1830 g/mol. The maximum atomic E-state index is 16.9. The third kappa shape index (κ3) is 20.9. The molecule has 6 fully saturated rings. The number of imide groups is 1. The second-order valence-electron chi connectivity index (χ2n) is 36.0. The summed E-state index contributed by atoms with van der Waals surface area (Å²) in [7, 11) is 0. The van der Waals surface area contributed by atoms with Crippen molar-refractivity contribution in [2.24, 2.45) is 64.5 Å². The number of aliphatic hydroxyl groups is 6. The summed E-state index contributed by atoms with van der Waals surface area (Å²) in [6.45, 7) is 8.31. The van der Waals surface area contributed by atoms with Crippen LogP contribution in [0.15, 0.2) is 97.1 Å². The molecule has 11 aliphatic rings. The molecule has 20 N–H and O–H groups in total. The standard InChI is InChI=1S/C93H112Cl2N8O26/c1-6-45(21-41(2)3)87(117)102-78-63(108)30-53(34-73(111)99-88(118)49-12-16-68(122-19-7-17-96)69(31-49)123-20-8-18-97)89(119)100-76-52-32-70(125-66-14-10-47(80(78)112)28-59(66)94)84(129-92-85(83(115)82(114)72(40-104)127-92)128-74-39-93(5,98)86(116)42(4)124-74)71(33-52)126-67-15-11-48(29-60(67)95)81(113)79-91(121)101-77(65(110)37-55-50-23-43-22-44(25-50)26-51(55)24-43)58-35-54(105)36-62(107)75(58)57-27-46(9-13-61(57)106)56(38-64(76)109)90(120)103-79/h9-16,27-29,31-33,35-36,41-45,50-51,53,55-56,72,74,76-83,85-86,92,104-107,112-116H,6-8,17-26,30,34,37-40,96-98H2,1-5H3,(H,100,119)(H,101,121)(H,102,117)(H,103,120)(H,99,111,118)/t42-,43?,44?,45+,50?,51?,53-,55?,56+,72+,74-,76+,77-,78-,79-,80+,81+,82+,83-,85+,86+,92-,93-/m0/s1. The summed E-state index contributed by atoms with van der Waals surface area (Å²) in [4.78, 5) is 141. The first kappa shape index (κ1) is 95.0. The van der Waals surface area contributed by atoms with Gasteiger partial charge in [0.1, 0.15) is 83.4 Å². The number of hydrogen-bond donors (Lipinski definition) is 17. The molecule has 0 radical (unpaired) electrons. The molecule has 2 saturated heterocycles. The molecular weight excluding hydrogens is 1720 g/mol. The smallest absolute Gasteiger partial charge is 0.257 e. The van der Waals surface area contributed by atoms with Crippen LogP contribution in [0.25, 0.3) is 11.1 Å². The Morgan fingerprint density at radius 3 is 1.91 bits per heavy atom. The van der Waals surface area contributed by atoms with Crippen molar-refractivity contribution in [3.8, 4) is 68.6 Å². The Bertz CT molecular complexity index is 5200. The van der Waals surface area contributed by atoms with E-state index in [4.69, 9.17) is 78.3 Å². The fourth-order valence-corrected chi connectivity index (χ4v) is 20.1. The summed E-state index contributed by atoms with van der Waals surface area (Å²) in [5.41, 5.74) is 14.8. The highest BCUT2D eigenvalue weighted by atomic mass is 35.5. The number of carbonyl (C=O) groups is 9. The van der Waals surface area contributed by atoms with E-state index in [9.17, 15) is 55.5 Å². The number of Topliss-reactive ketones (excluding diaryl/α,β-unsaturated/α-hetero) is 3. The van der Waals surface area contributed by atoms with E-state index in [-0.39, 0.29) is 136 Å². The number of nitrogens with one attached hydrogen (secondary N) is 5. The van der Waals surface area contributed by atoms with Crippen molar-refractivity contribution < 1.29 is 127 Å². The van der Waals surface area contributed by atoms with Crippen molar-refractivity contribution in [2.75, 3.05) is 32.9 Å². The number of carbonyl (C=O) groups excluding carboxylic acids is 9. The van der Waals surface area contributed by atoms with Crippen molar-refractivity contribution in [3.63, 3.8) is 0 Å². The van der Waals surface area contributed by atoms with Crippen LogP contribution in [0, 0.1) is 47.3 Å². The second kappa shape index (κ2) is 40.3. The quantitative estimate of drug-likeness (QED) is 0.0262. The number of ketones is 3. The van der Waals surface area contributed by atoms with Gasteiger partial charge in [-0.15, -0.1) is 0 Å². The molecule has 7 aliphatic heterocycles. The predicted molar refractivity (Wildman–Crippen MR) is 463 cm³/mol. The molecule has 34 nitrogen and oxygen atoms in total. The molecular formula is C93H112Cl2N8O26. The molecule has 0 spiro atoms. The number of aliphatic hydroxyl groups excluding tert-OH is 6. The SMILES string of the molecule is CC[C@H](CC(C)C)C(=O)N[C@H]1C(=O)C[C@@H](CC(=O)NC(=O)c2ccc(OCCCN)c(OCCCN)c2)C(=O)N[C@H]2C(=O)C[C@H]3C(=O)N[C@H](C(=O)N[C@H](C(=O)CC4C5CC6CC(C5)CC4C6)c4cc(O)cc(O)c4-c4cc3ccc4O)[C@H](O)c3ccc(c(Cl)c3)Oc3cc2cc(c3O[C@@H]2O[C@H](CO)[C@@H](O)[C@H](O)[C@H]2O[C@H]2C[C@](C)(N)[C@H](O)[C@H](C)O2)Oc2ccc(cc2Cl)[C@H]1O. The summed E-state index contributed by atoms with van der Waals surface area (Å²) in [6, 6.07) is 11.0. The molecule has 18 atom stereocenters. The zero-order valence-electron chi connectivity index (χ0n) is 71.9. The van der Waals surface area contributed by atoms with Crippen molar-refractivity contribution in [1.82, 2.24) is 26.6 Å². The lowest BCUT2D eigenvalue weighted by molar-refractivity contribution is -0.333. The topological polar surface area (TPSA) is 548 Å². The maximum absolute atomic E-state index is 16.9. The van der Waals surface area contributed by atoms with Gasteiger partial charge in [-0.05, 0) is 221 Å². The normalized spacial score (nSPS) is 29.9. The van der Waals surface area contributed by atoms with Gasteiger partial charge in [-0.2, -0.15) is 0 Å². The lowest BCUT2D eigenvalue weighted by Crippen LogP contribution is -2.64. The number of rotatable bonds is 24. The molecule has 0 unspecified atom stereocenters. The van der Waals surface area contributed by atoms with Gasteiger partial charge in [0.25, 0.3) is 5.91 Å². The minimum Gasteiger partial charge on any atom is -0.508 e. The van der Waals surface area contributed by atoms with E-state index in [1.165, 1.54) is 74.5 Å². The number of phenols is 3. The molecule has 7 heterocycles. The van der Waals surface area contributed by atoms with Gasteiger partial charge in [0.2, 0.25) is 41.6 Å². The zero-order valence-corrected chi connectivity index (χ0v) is 73.4. The first-order valence-corrected chi connectivity index (χ1v) is 44.6. The Balaban J connectivity index is 0.962. The molecule has 6 amide bonds. The van der Waals surface area contributed by atoms with Crippen LogP contribution in [0.3, 0.4) is 0 Å². The van der Waals surface area contributed by atoms with E-state index in [0.29, 0.717) is 31.1 Å².